The van der Waals surface area contributed by atoms with Gasteiger partial charge in [0, 0.05) is 11.9 Å². The Labute approximate surface area is 189 Å². The van der Waals surface area contributed by atoms with Gasteiger partial charge in [0.15, 0.2) is 11.5 Å². The van der Waals surface area contributed by atoms with Crippen LogP contribution in [0.1, 0.15) is 33.7 Å². The number of anilines is 1. The largest absolute Gasteiger partial charge is 0.304 e. The Balaban J connectivity index is 1.59. The fraction of sp³-hybridized carbons (Fsp3) is 0.158. The van der Waals surface area contributed by atoms with Gasteiger partial charge in [-0.05, 0) is 30.7 Å². The molecule has 0 bridgehead atoms. The van der Waals surface area contributed by atoms with Crippen LogP contribution in [0.25, 0.3) is 5.65 Å². The van der Waals surface area contributed by atoms with Crippen LogP contribution in [-0.4, -0.2) is 30.3 Å². The monoisotopic (exact) mass is 484 g/mol. The summed E-state index contributed by atoms with van der Waals surface area (Å²) >= 11 is 18.1. The molecule has 1 amide bonds. The lowest BCUT2D eigenvalue weighted by Gasteiger charge is -2.06. The Hall–Kier alpha value is -2.75. The standard InChI is InChI=1S/C19H13Cl3F2N6O/c1-9-4-15(16(23)24)30-18(26-9)11(6-25-30)19(31)27-17-14(22)8-29(28-17)7-10-2-3-12(20)13(21)5-10/h2-6,8,16H,7H2,1H3,(H,27,28,31). The minimum atomic E-state index is -2.77. The lowest BCUT2D eigenvalue weighted by molar-refractivity contribution is 0.102. The van der Waals surface area contributed by atoms with Crippen LogP contribution in [0, 0.1) is 6.92 Å². The van der Waals surface area contributed by atoms with E-state index in [9.17, 15) is 13.6 Å². The predicted molar refractivity (Wildman–Crippen MR) is 113 cm³/mol. The second kappa shape index (κ2) is 8.41. The van der Waals surface area contributed by atoms with Gasteiger partial charge in [-0.1, -0.05) is 40.9 Å². The minimum Gasteiger partial charge on any atom is -0.304 e. The van der Waals surface area contributed by atoms with Crippen LogP contribution in [0.2, 0.25) is 15.1 Å². The predicted octanol–water partition coefficient (Wildman–Crippen LogP) is 5.43. The van der Waals surface area contributed by atoms with Crippen LogP contribution in [0.3, 0.4) is 0 Å². The van der Waals surface area contributed by atoms with E-state index in [2.05, 4.69) is 20.5 Å². The molecule has 31 heavy (non-hydrogen) atoms. The molecule has 4 rings (SSSR count). The van der Waals surface area contributed by atoms with Crippen LogP contribution >= 0.6 is 34.8 Å². The number of benzene rings is 1. The molecule has 3 heterocycles. The number of hydrogen-bond acceptors (Lipinski definition) is 4. The van der Waals surface area contributed by atoms with Crippen molar-refractivity contribution in [3.05, 3.63) is 74.2 Å². The molecule has 1 N–H and O–H groups in total. The van der Waals surface area contributed by atoms with Crippen LogP contribution in [0.15, 0.2) is 36.7 Å². The Morgan fingerprint density at radius 1 is 1.16 bits per heavy atom. The van der Waals surface area contributed by atoms with Gasteiger partial charge in [0.2, 0.25) is 0 Å². The number of halogens is 5. The SMILES string of the molecule is Cc1cc(C(F)F)n2ncc(C(=O)Nc3nn(Cc4ccc(Cl)c(Cl)c4)cc3Cl)c2n1. The second-order valence-corrected chi connectivity index (χ2v) is 7.86. The molecule has 0 aliphatic carbocycles. The average molecular weight is 486 g/mol. The summed E-state index contributed by atoms with van der Waals surface area (Å²) < 4.78 is 29.0. The maximum Gasteiger partial charge on any atom is 0.280 e. The average Bonchev–Trinajstić information content (AvgIpc) is 3.27. The maximum atomic E-state index is 13.3. The van der Waals surface area contributed by atoms with Crippen molar-refractivity contribution in [3.63, 3.8) is 0 Å². The van der Waals surface area contributed by atoms with Crippen molar-refractivity contribution in [1.29, 1.82) is 0 Å². The van der Waals surface area contributed by atoms with E-state index in [1.165, 1.54) is 23.1 Å². The molecule has 7 nitrogen and oxygen atoms in total. The van der Waals surface area contributed by atoms with E-state index in [1.807, 2.05) is 0 Å². The summed E-state index contributed by atoms with van der Waals surface area (Å²) in [6.07, 6.45) is -0.0667. The Morgan fingerprint density at radius 3 is 2.65 bits per heavy atom. The van der Waals surface area contributed by atoms with Crippen LogP contribution in [0.5, 0.6) is 0 Å². The van der Waals surface area contributed by atoms with E-state index in [1.54, 1.807) is 25.1 Å². The van der Waals surface area contributed by atoms with Gasteiger partial charge in [-0.25, -0.2) is 18.3 Å². The summed E-state index contributed by atoms with van der Waals surface area (Å²) in [6.45, 7) is 1.89. The van der Waals surface area contributed by atoms with Crippen molar-refractivity contribution in [3.8, 4) is 0 Å². The Bertz CT molecular complexity index is 1300. The van der Waals surface area contributed by atoms with E-state index in [0.29, 0.717) is 22.3 Å². The molecule has 4 aromatic rings. The lowest BCUT2D eigenvalue weighted by atomic mass is 10.2. The third-order valence-corrected chi connectivity index (χ3v) is 5.39. The first kappa shape index (κ1) is 21.5. The lowest BCUT2D eigenvalue weighted by Crippen LogP contribution is -2.14. The van der Waals surface area contributed by atoms with Crippen LogP contribution < -0.4 is 5.32 Å². The number of aryl methyl sites for hydroxylation is 1. The molecule has 0 fully saturated rings. The summed E-state index contributed by atoms with van der Waals surface area (Å²) in [4.78, 5) is 16.9. The Morgan fingerprint density at radius 2 is 1.94 bits per heavy atom. The number of nitrogens with one attached hydrogen (secondary N) is 1. The van der Waals surface area contributed by atoms with Gasteiger partial charge >= 0.3 is 0 Å². The summed E-state index contributed by atoms with van der Waals surface area (Å²) in [6, 6.07) is 6.37. The van der Waals surface area contributed by atoms with Gasteiger partial charge in [-0.3, -0.25) is 9.48 Å². The summed E-state index contributed by atoms with van der Waals surface area (Å²) in [7, 11) is 0. The number of alkyl halides is 2. The summed E-state index contributed by atoms with van der Waals surface area (Å²) in [5.41, 5.74) is 0.833. The van der Waals surface area contributed by atoms with Gasteiger partial charge in [0.05, 0.1) is 22.8 Å². The molecular weight excluding hydrogens is 473 g/mol. The second-order valence-electron chi connectivity index (χ2n) is 6.64. The third-order valence-electron chi connectivity index (χ3n) is 4.37. The molecule has 3 aromatic heterocycles. The van der Waals surface area contributed by atoms with Crippen molar-refractivity contribution in [2.75, 3.05) is 5.32 Å². The molecule has 160 valence electrons. The van der Waals surface area contributed by atoms with Gasteiger partial charge in [0.1, 0.15) is 16.3 Å². The zero-order chi connectivity index (χ0) is 22.3. The molecule has 0 saturated heterocycles. The molecule has 0 radical (unpaired) electrons. The number of amides is 1. The molecule has 0 unspecified atom stereocenters. The van der Waals surface area contributed by atoms with E-state index in [0.717, 1.165) is 10.1 Å². The molecule has 0 saturated carbocycles. The minimum absolute atomic E-state index is 0.0131. The first-order chi connectivity index (χ1) is 14.7. The van der Waals surface area contributed by atoms with Crippen molar-refractivity contribution < 1.29 is 13.6 Å². The quantitative estimate of drug-likeness (QED) is 0.409. The molecule has 0 spiro atoms. The number of fused-ring (bicyclic) bond motifs is 1. The highest BCUT2D eigenvalue weighted by molar-refractivity contribution is 6.42. The van der Waals surface area contributed by atoms with Gasteiger partial charge in [-0.2, -0.15) is 10.2 Å². The van der Waals surface area contributed by atoms with E-state index in [4.69, 9.17) is 34.8 Å². The van der Waals surface area contributed by atoms with Crippen molar-refractivity contribution in [2.45, 2.75) is 19.9 Å². The number of carbonyl (C=O) groups is 1. The first-order valence-corrected chi connectivity index (χ1v) is 9.98. The zero-order valence-electron chi connectivity index (χ0n) is 15.8. The maximum absolute atomic E-state index is 13.3. The number of aromatic nitrogens is 5. The number of carbonyl (C=O) groups excluding carboxylic acids is 1. The van der Waals surface area contributed by atoms with E-state index in [-0.39, 0.29) is 27.7 Å². The van der Waals surface area contributed by atoms with Crippen LogP contribution in [-0.2, 0) is 6.54 Å². The molecule has 0 aliphatic heterocycles. The summed E-state index contributed by atoms with van der Waals surface area (Å²) in [5, 5.41) is 11.7. The van der Waals surface area contributed by atoms with Crippen molar-refractivity contribution in [2.24, 2.45) is 0 Å². The fourth-order valence-electron chi connectivity index (χ4n) is 2.99. The molecule has 0 aliphatic rings. The normalized spacial score (nSPS) is 11.5. The Kier molecular flexibility index (Phi) is 5.83. The van der Waals surface area contributed by atoms with Gasteiger partial charge in [-0.15, -0.1) is 0 Å². The van der Waals surface area contributed by atoms with Gasteiger partial charge < -0.3 is 5.32 Å². The number of rotatable bonds is 5. The molecule has 1 aromatic carbocycles. The zero-order valence-corrected chi connectivity index (χ0v) is 18.1. The smallest absolute Gasteiger partial charge is 0.280 e. The van der Waals surface area contributed by atoms with Crippen molar-refractivity contribution in [1.82, 2.24) is 24.4 Å². The highest BCUT2D eigenvalue weighted by atomic mass is 35.5. The molecule has 0 atom stereocenters. The highest BCUT2D eigenvalue weighted by Gasteiger charge is 2.21. The number of nitrogens with zero attached hydrogens (tertiary/aromatic N) is 5. The topological polar surface area (TPSA) is 77.1 Å². The fourth-order valence-corrected chi connectivity index (χ4v) is 3.51. The van der Waals surface area contributed by atoms with Crippen LogP contribution in [0.4, 0.5) is 14.6 Å². The highest BCUT2D eigenvalue weighted by Crippen LogP contribution is 2.26. The first-order valence-electron chi connectivity index (χ1n) is 8.84. The molecular formula is C19H13Cl3F2N6O. The van der Waals surface area contributed by atoms with E-state index >= 15 is 0 Å². The molecule has 12 heteroatoms. The third kappa shape index (κ3) is 4.34. The number of hydrogen-bond donors (Lipinski definition) is 1. The van der Waals surface area contributed by atoms with E-state index < -0.39 is 12.3 Å². The van der Waals surface area contributed by atoms with Gasteiger partial charge in [0.25, 0.3) is 12.3 Å². The summed E-state index contributed by atoms with van der Waals surface area (Å²) in [5.74, 6) is -0.525. The van der Waals surface area contributed by atoms with Crippen molar-refractivity contribution >= 4 is 52.2 Å².